The average molecular weight is 807 g/mol. The number of aliphatic hydroxyl groups is 5. The first kappa shape index (κ1) is 51.8. The van der Waals surface area contributed by atoms with Gasteiger partial charge in [-0.15, -0.1) is 0 Å². The van der Waals surface area contributed by atoms with Gasteiger partial charge in [0, 0.05) is 13.0 Å². The molecule has 1 aliphatic rings. The maximum Gasteiger partial charge on any atom is 0.472 e. The van der Waals surface area contributed by atoms with E-state index in [9.17, 15) is 39.8 Å². The van der Waals surface area contributed by atoms with E-state index in [0.717, 1.165) is 57.8 Å². The molecule has 324 valence electrons. The summed E-state index contributed by atoms with van der Waals surface area (Å²) in [6.07, 6.45) is 23.9. The highest BCUT2D eigenvalue weighted by molar-refractivity contribution is 7.47. The second kappa shape index (κ2) is 33.8. The van der Waals surface area contributed by atoms with E-state index >= 15 is 0 Å². The van der Waals surface area contributed by atoms with Crippen LogP contribution in [0.3, 0.4) is 0 Å². The SMILES string of the molecule is CCCCCC/C=C\C/C=C\CCCCCCCCCC(=O)OC(COCCCCCCCCCCCC)COP(=O)(O)OC1C(O)C(O)C(O)C(O)C1O. The van der Waals surface area contributed by atoms with Gasteiger partial charge in [0.15, 0.2) is 0 Å². The zero-order valence-electron chi connectivity index (χ0n) is 34.2. The van der Waals surface area contributed by atoms with Crippen molar-refractivity contribution in [1.82, 2.24) is 0 Å². The summed E-state index contributed by atoms with van der Waals surface area (Å²) < 4.78 is 34.0. The molecule has 1 fully saturated rings. The Kier molecular flexibility index (Phi) is 31.8. The third kappa shape index (κ3) is 26.4. The highest BCUT2D eigenvalue weighted by Gasteiger charge is 2.51. The molecule has 1 aliphatic carbocycles. The number of hydrogen-bond donors (Lipinski definition) is 6. The van der Waals surface area contributed by atoms with E-state index in [0.29, 0.717) is 13.0 Å². The quantitative estimate of drug-likeness (QED) is 0.0154. The van der Waals surface area contributed by atoms with Gasteiger partial charge in [-0.3, -0.25) is 13.8 Å². The van der Waals surface area contributed by atoms with Crippen LogP contribution >= 0.6 is 7.82 Å². The topological polar surface area (TPSA) is 192 Å². The first-order chi connectivity index (χ1) is 26.5. The van der Waals surface area contributed by atoms with Crippen molar-refractivity contribution in [3.05, 3.63) is 24.3 Å². The number of allylic oxidation sites excluding steroid dienone is 4. The first-order valence-electron chi connectivity index (χ1n) is 21.7. The van der Waals surface area contributed by atoms with Gasteiger partial charge in [0.1, 0.15) is 42.7 Å². The Hall–Kier alpha value is -1.18. The molecule has 0 aromatic rings. The van der Waals surface area contributed by atoms with Gasteiger partial charge in [-0.2, -0.15) is 0 Å². The molecule has 0 radical (unpaired) electrons. The Morgan fingerprint density at radius 1 is 0.582 bits per heavy atom. The smallest absolute Gasteiger partial charge is 0.457 e. The normalized spacial score (nSPS) is 23.4. The Morgan fingerprint density at radius 2 is 1.02 bits per heavy atom. The van der Waals surface area contributed by atoms with Crippen LogP contribution in [0.1, 0.15) is 174 Å². The molecule has 0 spiro atoms. The minimum absolute atomic E-state index is 0.0769. The van der Waals surface area contributed by atoms with Crippen molar-refractivity contribution in [2.24, 2.45) is 0 Å². The predicted molar refractivity (Wildman–Crippen MR) is 216 cm³/mol. The molecular weight excluding hydrogens is 727 g/mol. The van der Waals surface area contributed by atoms with Crippen LogP contribution in [0.4, 0.5) is 0 Å². The summed E-state index contributed by atoms with van der Waals surface area (Å²) in [5, 5.41) is 50.0. The van der Waals surface area contributed by atoms with Crippen LogP contribution in [0.15, 0.2) is 24.3 Å². The molecule has 0 bridgehead atoms. The van der Waals surface area contributed by atoms with Gasteiger partial charge in [-0.25, -0.2) is 4.57 Å². The number of hydrogen-bond acceptors (Lipinski definition) is 11. The van der Waals surface area contributed by atoms with Gasteiger partial charge >= 0.3 is 13.8 Å². The Bertz CT molecular complexity index is 1010. The van der Waals surface area contributed by atoms with Crippen LogP contribution in [-0.2, 0) is 27.9 Å². The fraction of sp³-hybridized carbons (Fsp3) is 0.881. The zero-order chi connectivity index (χ0) is 40.6. The third-order valence-corrected chi connectivity index (χ3v) is 11.1. The van der Waals surface area contributed by atoms with Crippen molar-refractivity contribution in [3.63, 3.8) is 0 Å². The lowest BCUT2D eigenvalue weighted by molar-refractivity contribution is -0.220. The molecule has 0 aromatic heterocycles. The van der Waals surface area contributed by atoms with E-state index in [1.54, 1.807) is 0 Å². The third-order valence-electron chi connectivity index (χ3n) is 10.1. The highest BCUT2D eigenvalue weighted by Crippen LogP contribution is 2.47. The van der Waals surface area contributed by atoms with Crippen LogP contribution in [0.2, 0.25) is 0 Å². The summed E-state index contributed by atoms with van der Waals surface area (Å²) in [5.74, 6) is -0.485. The molecule has 6 unspecified atom stereocenters. The summed E-state index contributed by atoms with van der Waals surface area (Å²) in [5.41, 5.74) is 0. The fourth-order valence-electron chi connectivity index (χ4n) is 6.56. The lowest BCUT2D eigenvalue weighted by Gasteiger charge is -2.41. The van der Waals surface area contributed by atoms with Crippen molar-refractivity contribution in [2.45, 2.75) is 217 Å². The number of carbonyl (C=O) groups is 1. The predicted octanol–water partition coefficient (Wildman–Crippen LogP) is 8.14. The van der Waals surface area contributed by atoms with Gasteiger partial charge in [-0.05, 0) is 44.9 Å². The number of esters is 1. The number of rotatable bonds is 36. The van der Waals surface area contributed by atoms with Crippen LogP contribution in [0.25, 0.3) is 0 Å². The van der Waals surface area contributed by atoms with Gasteiger partial charge in [0.2, 0.25) is 0 Å². The second-order valence-corrected chi connectivity index (χ2v) is 16.6. The monoisotopic (exact) mass is 807 g/mol. The molecular formula is C42H79O12P. The maximum atomic E-state index is 12.8. The number of unbranched alkanes of at least 4 members (excludes halogenated alkanes) is 20. The second-order valence-electron chi connectivity index (χ2n) is 15.2. The van der Waals surface area contributed by atoms with E-state index in [1.165, 1.54) is 89.9 Å². The average Bonchev–Trinajstić information content (AvgIpc) is 3.17. The number of aliphatic hydroxyl groups excluding tert-OH is 5. The number of carbonyl (C=O) groups excluding carboxylic acids is 1. The van der Waals surface area contributed by atoms with Crippen LogP contribution in [0, 0.1) is 0 Å². The molecule has 0 saturated heterocycles. The number of phosphoric ester groups is 1. The number of phosphoric acid groups is 1. The highest BCUT2D eigenvalue weighted by atomic mass is 31.2. The Labute approximate surface area is 332 Å². The minimum atomic E-state index is -5.01. The van der Waals surface area contributed by atoms with Crippen molar-refractivity contribution in [1.29, 1.82) is 0 Å². The van der Waals surface area contributed by atoms with Crippen molar-refractivity contribution in [3.8, 4) is 0 Å². The van der Waals surface area contributed by atoms with Crippen molar-refractivity contribution in [2.75, 3.05) is 19.8 Å². The molecule has 0 amide bonds. The molecule has 6 atom stereocenters. The summed E-state index contributed by atoms with van der Waals surface area (Å²) in [6.45, 7) is 4.21. The van der Waals surface area contributed by atoms with E-state index in [4.69, 9.17) is 18.5 Å². The van der Waals surface area contributed by atoms with Crippen LogP contribution in [-0.4, -0.2) is 98.9 Å². The molecule has 12 nitrogen and oxygen atoms in total. The van der Waals surface area contributed by atoms with E-state index in [-0.39, 0.29) is 13.0 Å². The van der Waals surface area contributed by atoms with Crippen molar-refractivity contribution >= 4 is 13.8 Å². The molecule has 1 saturated carbocycles. The first-order valence-corrected chi connectivity index (χ1v) is 23.2. The van der Waals surface area contributed by atoms with Gasteiger partial charge in [0.25, 0.3) is 0 Å². The molecule has 0 aliphatic heterocycles. The van der Waals surface area contributed by atoms with Gasteiger partial charge in [0.05, 0.1) is 13.2 Å². The molecule has 55 heavy (non-hydrogen) atoms. The van der Waals surface area contributed by atoms with E-state index in [1.807, 2.05) is 0 Å². The molecule has 6 N–H and O–H groups in total. The standard InChI is InChI=1S/C42H79O12P/c1-3-5-7-9-11-13-15-16-17-18-19-20-21-22-23-25-27-29-31-36(43)53-35(33-51-32-30-28-26-24-14-12-10-8-6-4-2)34-52-55(49,50)54-42-40(47)38(45)37(44)39(46)41(42)48/h13,15,17-18,35,37-42,44-48H,3-12,14,16,19-34H2,1-2H3,(H,49,50)/b15-13-,18-17-. The summed E-state index contributed by atoms with van der Waals surface area (Å²) in [7, 11) is -5.01. The molecule has 13 heteroatoms. The lowest BCUT2D eigenvalue weighted by Crippen LogP contribution is -2.64. The molecule has 0 aromatic carbocycles. The Balaban J connectivity index is 2.40. The summed E-state index contributed by atoms with van der Waals surface area (Å²) in [4.78, 5) is 23.1. The number of ether oxygens (including phenoxy) is 2. The van der Waals surface area contributed by atoms with Crippen molar-refractivity contribution < 1.29 is 58.3 Å². The minimum Gasteiger partial charge on any atom is -0.457 e. The van der Waals surface area contributed by atoms with Crippen LogP contribution in [0.5, 0.6) is 0 Å². The fourth-order valence-corrected chi connectivity index (χ4v) is 7.53. The van der Waals surface area contributed by atoms with E-state index < -0.39 is 63.1 Å². The molecule has 0 heterocycles. The largest absolute Gasteiger partial charge is 0.472 e. The Morgan fingerprint density at radius 3 is 1.55 bits per heavy atom. The molecule has 1 rings (SSSR count). The summed E-state index contributed by atoms with van der Waals surface area (Å²) >= 11 is 0. The lowest BCUT2D eigenvalue weighted by atomic mass is 9.85. The van der Waals surface area contributed by atoms with Crippen LogP contribution < -0.4 is 0 Å². The van der Waals surface area contributed by atoms with Gasteiger partial charge < -0.3 is 39.9 Å². The zero-order valence-corrected chi connectivity index (χ0v) is 35.1. The van der Waals surface area contributed by atoms with E-state index in [2.05, 4.69) is 38.2 Å². The van der Waals surface area contributed by atoms with Gasteiger partial charge in [-0.1, -0.05) is 147 Å². The maximum absolute atomic E-state index is 12.8. The summed E-state index contributed by atoms with van der Waals surface area (Å²) in [6, 6.07) is 0.